The van der Waals surface area contributed by atoms with E-state index in [4.69, 9.17) is 30.5 Å². The Hall–Kier alpha value is -5.77. The topological polar surface area (TPSA) is 117 Å². The number of anilines is 1. The van der Waals surface area contributed by atoms with E-state index in [1.807, 2.05) is 0 Å². The number of nitrogens with one attached hydrogen (secondary N) is 1. The van der Waals surface area contributed by atoms with Gasteiger partial charge in [-0.2, -0.15) is 13.2 Å². The van der Waals surface area contributed by atoms with Crippen molar-refractivity contribution in [3.05, 3.63) is 118 Å². The second kappa shape index (κ2) is 15.9. The number of amides is 1. The zero-order valence-corrected chi connectivity index (χ0v) is 29.9. The number of methoxy groups -OCH3 is 1. The van der Waals surface area contributed by atoms with E-state index in [2.05, 4.69) is 20.2 Å². The number of carbonyl (C=O) groups excluding carboxylic acids is 1. The quantitative estimate of drug-likeness (QED) is 0.104. The van der Waals surface area contributed by atoms with Crippen molar-refractivity contribution in [2.75, 3.05) is 51.9 Å². The second-order valence-corrected chi connectivity index (χ2v) is 12.9. The summed E-state index contributed by atoms with van der Waals surface area (Å²) < 4.78 is 79.7. The van der Waals surface area contributed by atoms with E-state index < -0.39 is 34.5 Å². The van der Waals surface area contributed by atoms with E-state index in [-0.39, 0.29) is 38.9 Å². The number of carbonyl (C=O) groups is 1. The van der Waals surface area contributed by atoms with Crippen molar-refractivity contribution in [2.24, 2.45) is 0 Å². The Labute approximate surface area is 316 Å². The summed E-state index contributed by atoms with van der Waals surface area (Å²) in [5.74, 6) is -0.670. The van der Waals surface area contributed by atoms with Gasteiger partial charge in [0.15, 0.2) is 23.1 Å². The van der Waals surface area contributed by atoms with Crippen LogP contribution >= 0.6 is 11.6 Å². The summed E-state index contributed by atoms with van der Waals surface area (Å²) in [5, 5.41) is 2.76. The van der Waals surface area contributed by atoms with Crippen LogP contribution in [0.3, 0.4) is 0 Å². The summed E-state index contributed by atoms with van der Waals surface area (Å²) in [6, 6.07) is 14.3. The van der Waals surface area contributed by atoms with Gasteiger partial charge >= 0.3 is 6.18 Å². The molecule has 1 saturated heterocycles. The lowest BCUT2D eigenvalue weighted by molar-refractivity contribution is -0.137. The number of nitrogens with zero attached hydrogens (tertiary/aromatic N) is 4. The number of rotatable bonds is 11. The average molecular weight is 778 g/mol. The van der Waals surface area contributed by atoms with Crippen molar-refractivity contribution in [3.8, 4) is 28.7 Å². The fourth-order valence-electron chi connectivity index (χ4n) is 6.15. The lowest BCUT2D eigenvalue weighted by Gasteiger charge is -2.26. The SMILES string of the molecule is COc1cc2c(Oc3ccc(NC(=O)c4cn(-c5ccc(C(F)(F)F)cc5Cl)c5ncccc5c4=O)cc3F)ccnc2cc1OCCCN1CCOCC1. The zero-order valence-electron chi connectivity index (χ0n) is 29.2. The first-order valence-electron chi connectivity index (χ1n) is 17.1. The van der Waals surface area contributed by atoms with Crippen LogP contribution in [0, 0.1) is 5.82 Å². The Morgan fingerprint density at radius 2 is 1.76 bits per heavy atom. The maximum Gasteiger partial charge on any atom is 0.416 e. The molecule has 4 heterocycles. The van der Waals surface area contributed by atoms with Crippen LogP contribution in [0.25, 0.3) is 27.6 Å². The van der Waals surface area contributed by atoms with Gasteiger partial charge in [-0.15, -0.1) is 0 Å². The molecule has 0 radical (unpaired) electrons. The van der Waals surface area contributed by atoms with Gasteiger partial charge in [-0.1, -0.05) is 11.6 Å². The fourth-order valence-corrected chi connectivity index (χ4v) is 6.42. The summed E-state index contributed by atoms with van der Waals surface area (Å²) in [6.07, 6.45) is 0.190. The predicted octanol–water partition coefficient (Wildman–Crippen LogP) is 7.90. The Kier molecular flexibility index (Phi) is 10.9. The van der Waals surface area contributed by atoms with Gasteiger partial charge in [0.05, 0.1) is 54.1 Å². The first-order valence-corrected chi connectivity index (χ1v) is 17.4. The molecule has 3 aromatic carbocycles. The van der Waals surface area contributed by atoms with Gasteiger partial charge in [0.25, 0.3) is 5.91 Å². The van der Waals surface area contributed by atoms with Crippen molar-refractivity contribution in [2.45, 2.75) is 12.6 Å². The van der Waals surface area contributed by atoms with Crippen LogP contribution in [0.1, 0.15) is 22.3 Å². The molecule has 55 heavy (non-hydrogen) atoms. The summed E-state index contributed by atoms with van der Waals surface area (Å²) >= 11 is 6.26. The molecule has 284 valence electrons. The number of hydrogen-bond donors (Lipinski definition) is 1. The highest BCUT2D eigenvalue weighted by Gasteiger charge is 2.31. The molecule has 1 amide bonds. The highest BCUT2D eigenvalue weighted by molar-refractivity contribution is 6.32. The highest BCUT2D eigenvalue weighted by Crippen LogP contribution is 2.38. The first-order chi connectivity index (χ1) is 26.5. The molecule has 0 bridgehead atoms. The Balaban J connectivity index is 1.10. The molecule has 16 heteroatoms. The van der Waals surface area contributed by atoms with E-state index in [1.54, 1.807) is 18.2 Å². The number of ether oxygens (including phenoxy) is 4. The number of halogens is 5. The molecule has 1 fully saturated rings. The normalized spacial score (nSPS) is 13.6. The van der Waals surface area contributed by atoms with Gasteiger partial charge in [0.1, 0.15) is 17.0 Å². The molecule has 11 nitrogen and oxygen atoms in total. The van der Waals surface area contributed by atoms with Crippen LogP contribution in [0.5, 0.6) is 23.0 Å². The van der Waals surface area contributed by atoms with Crippen LogP contribution in [-0.4, -0.2) is 71.9 Å². The second-order valence-electron chi connectivity index (χ2n) is 12.5. The smallest absolute Gasteiger partial charge is 0.416 e. The maximum atomic E-state index is 15.5. The van der Waals surface area contributed by atoms with E-state index in [0.29, 0.717) is 29.0 Å². The van der Waals surface area contributed by atoms with Crippen molar-refractivity contribution in [1.82, 2.24) is 19.4 Å². The van der Waals surface area contributed by atoms with Gasteiger partial charge in [0.2, 0.25) is 5.43 Å². The van der Waals surface area contributed by atoms with Crippen LogP contribution < -0.4 is 25.0 Å². The number of aromatic nitrogens is 3. The molecule has 1 aliphatic rings. The number of benzene rings is 3. The minimum Gasteiger partial charge on any atom is -0.493 e. The number of morpholine rings is 1. The largest absolute Gasteiger partial charge is 0.493 e. The molecule has 0 saturated carbocycles. The summed E-state index contributed by atoms with van der Waals surface area (Å²) in [4.78, 5) is 37.9. The van der Waals surface area contributed by atoms with Crippen LogP contribution in [0.2, 0.25) is 5.02 Å². The van der Waals surface area contributed by atoms with Gasteiger partial charge in [-0.25, -0.2) is 9.37 Å². The number of pyridine rings is 3. The third kappa shape index (κ3) is 8.18. The van der Waals surface area contributed by atoms with E-state index in [1.165, 1.54) is 48.3 Å². The first kappa shape index (κ1) is 37.5. The molecule has 0 atom stereocenters. The van der Waals surface area contributed by atoms with Crippen molar-refractivity contribution in [1.29, 1.82) is 0 Å². The summed E-state index contributed by atoms with van der Waals surface area (Å²) in [5.41, 5.74) is -1.45. The third-order valence-electron chi connectivity index (χ3n) is 8.92. The van der Waals surface area contributed by atoms with Crippen molar-refractivity contribution >= 4 is 45.1 Å². The monoisotopic (exact) mass is 777 g/mol. The van der Waals surface area contributed by atoms with E-state index in [9.17, 15) is 22.8 Å². The fraction of sp³-hybridized carbons (Fsp3) is 0.231. The Morgan fingerprint density at radius 3 is 2.51 bits per heavy atom. The number of fused-ring (bicyclic) bond motifs is 2. The van der Waals surface area contributed by atoms with Crippen LogP contribution in [-0.2, 0) is 10.9 Å². The average Bonchev–Trinajstić information content (AvgIpc) is 3.17. The van der Waals surface area contributed by atoms with Gasteiger partial charge in [0, 0.05) is 61.4 Å². The standard InChI is InChI=1S/C39H32ClF4N5O6/c1-52-34-20-26-30(21-35(34)54-15-3-12-48-13-16-53-17-14-48)45-11-9-32(26)55-33-8-6-24(19-29(33)41)47-38(51)27-22-49(37-25(36(27)50)4-2-10-46-37)31-7-5-23(18-28(31)40)39(42,43)44/h2,4-11,18-22H,3,12-17H2,1H3,(H,47,51). The van der Waals surface area contributed by atoms with E-state index in [0.717, 1.165) is 69.7 Å². The highest BCUT2D eigenvalue weighted by atomic mass is 35.5. The molecule has 0 unspecified atom stereocenters. The molecule has 7 rings (SSSR count). The zero-order chi connectivity index (χ0) is 38.7. The molecular weight excluding hydrogens is 746 g/mol. The third-order valence-corrected chi connectivity index (χ3v) is 9.22. The minimum atomic E-state index is -4.64. The lowest BCUT2D eigenvalue weighted by atomic mass is 10.1. The van der Waals surface area contributed by atoms with Crippen molar-refractivity contribution < 1.29 is 41.3 Å². The molecule has 1 N–H and O–H groups in total. The van der Waals surface area contributed by atoms with Crippen LogP contribution in [0.15, 0.2) is 90.1 Å². The molecule has 0 aliphatic carbocycles. The molecular formula is C39H32ClF4N5O6. The van der Waals surface area contributed by atoms with E-state index >= 15 is 4.39 Å². The summed E-state index contributed by atoms with van der Waals surface area (Å²) in [6.45, 7) is 4.58. The molecule has 3 aromatic heterocycles. The molecule has 6 aromatic rings. The number of hydrogen-bond acceptors (Lipinski definition) is 9. The Bertz CT molecular complexity index is 2460. The Morgan fingerprint density at radius 1 is 0.945 bits per heavy atom. The predicted molar refractivity (Wildman–Crippen MR) is 197 cm³/mol. The minimum absolute atomic E-state index is 0.00341. The maximum absolute atomic E-state index is 15.5. The van der Waals surface area contributed by atoms with Gasteiger partial charge < -0.3 is 24.3 Å². The number of alkyl halides is 3. The lowest BCUT2D eigenvalue weighted by Crippen LogP contribution is -2.37. The summed E-state index contributed by atoms with van der Waals surface area (Å²) in [7, 11) is 1.51. The molecule has 0 spiro atoms. The molecule has 1 aliphatic heterocycles. The van der Waals surface area contributed by atoms with Gasteiger partial charge in [-0.05, 0) is 61.0 Å². The van der Waals surface area contributed by atoms with Gasteiger partial charge in [-0.3, -0.25) is 24.0 Å². The van der Waals surface area contributed by atoms with Crippen LogP contribution in [0.4, 0.5) is 23.2 Å². The van der Waals surface area contributed by atoms with Crippen molar-refractivity contribution in [3.63, 3.8) is 0 Å².